The van der Waals surface area contributed by atoms with Crippen LogP contribution in [-0.2, 0) is 4.79 Å². The van der Waals surface area contributed by atoms with Gasteiger partial charge in [-0.25, -0.2) is 5.01 Å². The van der Waals surface area contributed by atoms with Gasteiger partial charge in [0.1, 0.15) is 0 Å². The molecule has 3 atom stereocenters. The summed E-state index contributed by atoms with van der Waals surface area (Å²) in [5.41, 5.74) is 3.13. The minimum atomic E-state index is 0.198. The van der Waals surface area contributed by atoms with E-state index in [-0.39, 0.29) is 5.91 Å². The first-order valence-corrected chi connectivity index (χ1v) is 7.45. The molecule has 1 amide bonds. The number of rotatable bonds is 3. The summed E-state index contributed by atoms with van der Waals surface area (Å²) < 4.78 is 0. The molecule has 4 heteroatoms. The topological polar surface area (TPSA) is 44.4 Å². The van der Waals surface area contributed by atoms with Gasteiger partial charge in [0.2, 0.25) is 5.91 Å². The van der Waals surface area contributed by atoms with Crippen molar-refractivity contribution in [3.63, 3.8) is 0 Å². The van der Waals surface area contributed by atoms with Crippen LogP contribution in [0.15, 0.2) is 0 Å². The highest BCUT2D eigenvalue weighted by Crippen LogP contribution is 2.21. The molecule has 2 aliphatic rings. The van der Waals surface area contributed by atoms with E-state index in [1.165, 1.54) is 32.1 Å². The number of nitrogens with zero attached hydrogens (tertiary/aromatic N) is 1. The molecular weight excluding hydrogens is 226 g/mol. The Labute approximate surface area is 110 Å². The highest BCUT2D eigenvalue weighted by molar-refractivity contribution is 5.75. The zero-order valence-corrected chi connectivity index (χ0v) is 11.7. The molecule has 0 bridgehead atoms. The molecule has 2 heterocycles. The second-order valence-corrected chi connectivity index (χ2v) is 5.99. The summed E-state index contributed by atoms with van der Waals surface area (Å²) in [6.45, 7) is 6.52. The van der Waals surface area contributed by atoms with Crippen LogP contribution in [0.25, 0.3) is 0 Å². The quantitative estimate of drug-likeness (QED) is 0.804. The van der Waals surface area contributed by atoms with Gasteiger partial charge in [0, 0.05) is 18.5 Å². The van der Waals surface area contributed by atoms with Crippen LogP contribution in [0, 0.1) is 5.92 Å². The molecular formula is C14H27N3O. The highest BCUT2D eigenvalue weighted by atomic mass is 16.2. The maximum atomic E-state index is 12.1. The van der Waals surface area contributed by atoms with Crippen LogP contribution in [0.4, 0.5) is 0 Å². The summed E-state index contributed by atoms with van der Waals surface area (Å²) in [6, 6.07) is 0.948. The highest BCUT2D eigenvalue weighted by Gasteiger charge is 2.27. The van der Waals surface area contributed by atoms with Crippen LogP contribution in [0.3, 0.4) is 0 Å². The summed E-state index contributed by atoms with van der Waals surface area (Å²) in [4.78, 5) is 12.1. The number of carbonyl (C=O) groups is 1. The lowest BCUT2D eigenvalue weighted by molar-refractivity contribution is -0.130. The minimum absolute atomic E-state index is 0.198. The van der Waals surface area contributed by atoms with Gasteiger partial charge in [-0.05, 0) is 58.5 Å². The number of carbonyl (C=O) groups excluding carboxylic acids is 1. The lowest BCUT2D eigenvalue weighted by atomic mass is 9.96. The Morgan fingerprint density at radius 2 is 1.94 bits per heavy atom. The van der Waals surface area contributed by atoms with E-state index in [1.807, 2.05) is 0 Å². The second-order valence-electron chi connectivity index (χ2n) is 5.99. The molecule has 2 saturated heterocycles. The van der Waals surface area contributed by atoms with E-state index in [4.69, 9.17) is 0 Å². The van der Waals surface area contributed by atoms with Crippen LogP contribution < -0.4 is 10.7 Å². The molecule has 0 saturated carbocycles. The molecule has 4 nitrogen and oxygen atoms in total. The second kappa shape index (κ2) is 6.53. The molecule has 2 rings (SSSR count). The monoisotopic (exact) mass is 253 g/mol. The van der Waals surface area contributed by atoms with Gasteiger partial charge in [-0.15, -0.1) is 0 Å². The molecule has 2 aliphatic heterocycles. The number of hydrogen-bond donors (Lipinski definition) is 2. The summed E-state index contributed by atoms with van der Waals surface area (Å²) in [5.74, 6) is 0.721. The van der Waals surface area contributed by atoms with Gasteiger partial charge in [0.25, 0.3) is 0 Å². The van der Waals surface area contributed by atoms with Gasteiger partial charge in [0.05, 0.1) is 0 Å². The lowest BCUT2D eigenvalue weighted by Gasteiger charge is -2.39. The Hall–Kier alpha value is -0.610. The zero-order chi connectivity index (χ0) is 13.0. The Kier molecular flexibility index (Phi) is 5.01. The molecule has 2 N–H and O–H groups in total. The fourth-order valence-electron chi connectivity index (χ4n) is 3.19. The molecule has 0 spiro atoms. The van der Waals surface area contributed by atoms with Crippen LogP contribution in [0.2, 0.25) is 0 Å². The fraction of sp³-hybridized carbons (Fsp3) is 0.929. The van der Waals surface area contributed by atoms with Crippen molar-refractivity contribution in [1.82, 2.24) is 15.8 Å². The molecule has 3 unspecified atom stereocenters. The van der Waals surface area contributed by atoms with Crippen molar-refractivity contribution in [2.45, 2.75) is 64.5 Å². The molecule has 0 aromatic rings. The van der Waals surface area contributed by atoms with Crippen LogP contribution in [-0.4, -0.2) is 36.1 Å². The predicted octanol–water partition coefficient (Wildman–Crippen LogP) is 1.67. The first-order valence-electron chi connectivity index (χ1n) is 7.45. The Bertz CT molecular complexity index is 266. The summed E-state index contributed by atoms with van der Waals surface area (Å²) in [7, 11) is 0. The average Bonchev–Trinajstić information content (AvgIpc) is 2.35. The Morgan fingerprint density at radius 3 is 2.56 bits per heavy atom. The number of hydrazine groups is 1. The third-order valence-electron chi connectivity index (χ3n) is 4.32. The van der Waals surface area contributed by atoms with Crippen molar-refractivity contribution >= 4 is 5.91 Å². The van der Waals surface area contributed by atoms with E-state index in [1.54, 1.807) is 0 Å². The van der Waals surface area contributed by atoms with Crippen molar-refractivity contribution in [3.05, 3.63) is 0 Å². The van der Waals surface area contributed by atoms with Gasteiger partial charge in [-0.3, -0.25) is 10.2 Å². The maximum Gasteiger partial charge on any atom is 0.234 e. The van der Waals surface area contributed by atoms with Crippen LogP contribution >= 0.6 is 0 Å². The van der Waals surface area contributed by atoms with Gasteiger partial charge < -0.3 is 5.32 Å². The Balaban J connectivity index is 1.78. The summed E-state index contributed by atoms with van der Waals surface area (Å²) >= 11 is 0. The van der Waals surface area contributed by atoms with Gasteiger partial charge >= 0.3 is 0 Å². The molecule has 0 aromatic heterocycles. The van der Waals surface area contributed by atoms with Crippen LogP contribution in [0.1, 0.15) is 52.4 Å². The largest absolute Gasteiger partial charge is 0.316 e. The molecule has 104 valence electrons. The van der Waals surface area contributed by atoms with E-state index in [9.17, 15) is 4.79 Å². The Morgan fingerprint density at radius 1 is 1.22 bits per heavy atom. The van der Waals surface area contributed by atoms with Gasteiger partial charge in [-0.2, -0.15) is 0 Å². The predicted molar refractivity (Wildman–Crippen MR) is 73.0 cm³/mol. The third kappa shape index (κ3) is 3.69. The SMILES string of the molecule is CC1CCCC(C)N1NC(=O)CC1CCCNC1. The summed E-state index contributed by atoms with van der Waals surface area (Å²) in [5, 5.41) is 5.54. The van der Waals surface area contributed by atoms with Crippen molar-refractivity contribution in [3.8, 4) is 0 Å². The molecule has 0 aliphatic carbocycles. The number of piperidine rings is 2. The normalized spacial score (nSPS) is 34.2. The van der Waals surface area contributed by atoms with Gasteiger partial charge in [-0.1, -0.05) is 6.42 Å². The standard InChI is InChI=1S/C14H27N3O/c1-11-5-3-6-12(2)17(11)16-14(18)9-13-7-4-8-15-10-13/h11-13,15H,3-10H2,1-2H3,(H,16,18). The first-order chi connectivity index (χ1) is 8.66. The first kappa shape index (κ1) is 13.8. The minimum Gasteiger partial charge on any atom is -0.316 e. The zero-order valence-electron chi connectivity index (χ0n) is 11.7. The maximum absolute atomic E-state index is 12.1. The van der Waals surface area contributed by atoms with E-state index in [2.05, 4.69) is 29.6 Å². The molecule has 18 heavy (non-hydrogen) atoms. The number of hydrogen-bond acceptors (Lipinski definition) is 3. The van der Waals surface area contributed by atoms with Crippen molar-refractivity contribution < 1.29 is 4.79 Å². The van der Waals surface area contributed by atoms with E-state index < -0.39 is 0 Å². The van der Waals surface area contributed by atoms with Crippen LogP contribution in [0.5, 0.6) is 0 Å². The van der Waals surface area contributed by atoms with Gasteiger partial charge in [0.15, 0.2) is 0 Å². The third-order valence-corrected chi connectivity index (χ3v) is 4.32. The summed E-state index contributed by atoms with van der Waals surface area (Å²) in [6.07, 6.45) is 6.72. The van der Waals surface area contributed by atoms with E-state index in [0.29, 0.717) is 24.4 Å². The van der Waals surface area contributed by atoms with E-state index in [0.717, 1.165) is 13.1 Å². The number of amides is 1. The number of nitrogens with one attached hydrogen (secondary N) is 2. The fourth-order valence-corrected chi connectivity index (χ4v) is 3.19. The molecule has 0 radical (unpaired) electrons. The molecule has 2 fully saturated rings. The lowest BCUT2D eigenvalue weighted by Crippen LogP contribution is -2.54. The smallest absolute Gasteiger partial charge is 0.234 e. The van der Waals surface area contributed by atoms with E-state index >= 15 is 0 Å². The molecule has 0 aromatic carbocycles. The van der Waals surface area contributed by atoms with Crippen molar-refractivity contribution in [2.24, 2.45) is 5.92 Å². The average molecular weight is 253 g/mol. The van der Waals surface area contributed by atoms with Crippen molar-refractivity contribution in [1.29, 1.82) is 0 Å². The van der Waals surface area contributed by atoms with Crippen molar-refractivity contribution in [2.75, 3.05) is 13.1 Å².